The van der Waals surface area contributed by atoms with Crippen molar-refractivity contribution in [2.75, 3.05) is 7.11 Å². The van der Waals surface area contributed by atoms with Crippen molar-refractivity contribution in [2.24, 2.45) is 0 Å². The second-order valence-corrected chi connectivity index (χ2v) is 4.22. The number of carbonyl (C=O) groups excluding carboxylic acids is 1. The first kappa shape index (κ1) is 11.7. The SMILES string of the molecule is COC(=O)c1cn(Cc2cncc(Br)c2)nn1. The van der Waals surface area contributed by atoms with Crippen LogP contribution in [0.25, 0.3) is 0 Å². The highest BCUT2D eigenvalue weighted by Crippen LogP contribution is 2.10. The van der Waals surface area contributed by atoms with Gasteiger partial charge in [-0.3, -0.25) is 4.98 Å². The molecule has 0 aliphatic carbocycles. The summed E-state index contributed by atoms with van der Waals surface area (Å²) >= 11 is 3.33. The van der Waals surface area contributed by atoms with Gasteiger partial charge in [0.1, 0.15) is 0 Å². The Hall–Kier alpha value is -1.76. The van der Waals surface area contributed by atoms with Gasteiger partial charge in [-0.15, -0.1) is 5.10 Å². The Kier molecular flexibility index (Phi) is 3.48. The van der Waals surface area contributed by atoms with Crippen molar-refractivity contribution >= 4 is 21.9 Å². The molecule has 0 fully saturated rings. The van der Waals surface area contributed by atoms with E-state index in [2.05, 4.69) is 36.0 Å². The van der Waals surface area contributed by atoms with Gasteiger partial charge in [0.2, 0.25) is 0 Å². The fourth-order valence-electron chi connectivity index (χ4n) is 1.30. The van der Waals surface area contributed by atoms with Crippen LogP contribution >= 0.6 is 15.9 Å². The zero-order valence-electron chi connectivity index (χ0n) is 9.00. The lowest BCUT2D eigenvalue weighted by molar-refractivity contribution is 0.0594. The predicted octanol–water partition coefficient (Wildman–Crippen LogP) is 1.27. The first-order chi connectivity index (χ1) is 8.19. The number of ether oxygens (including phenoxy) is 1. The minimum absolute atomic E-state index is 0.190. The number of pyridine rings is 1. The summed E-state index contributed by atoms with van der Waals surface area (Å²) in [5.74, 6) is -0.497. The van der Waals surface area contributed by atoms with Crippen LogP contribution in [0.3, 0.4) is 0 Å². The van der Waals surface area contributed by atoms with E-state index in [0.717, 1.165) is 10.0 Å². The number of carbonyl (C=O) groups is 1. The molecular formula is C10H9BrN4O2. The van der Waals surface area contributed by atoms with Crippen LogP contribution in [0, 0.1) is 0 Å². The smallest absolute Gasteiger partial charge is 0.360 e. The molecule has 2 heterocycles. The average molecular weight is 297 g/mol. The lowest BCUT2D eigenvalue weighted by Crippen LogP contribution is -2.02. The largest absolute Gasteiger partial charge is 0.464 e. The van der Waals surface area contributed by atoms with Crippen molar-refractivity contribution in [3.05, 3.63) is 40.4 Å². The average Bonchev–Trinajstić information content (AvgIpc) is 2.76. The Morgan fingerprint density at radius 2 is 2.35 bits per heavy atom. The van der Waals surface area contributed by atoms with E-state index in [1.165, 1.54) is 13.3 Å². The van der Waals surface area contributed by atoms with E-state index in [1.807, 2.05) is 6.07 Å². The first-order valence-corrected chi connectivity index (χ1v) is 5.56. The molecule has 0 saturated heterocycles. The van der Waals surface area contributed by atoms with Gasteiger partial charge in [-0.05, 0) is 27.6 Å². The van der Waals surface area contributed by atoms with Crippen molar-refractivity contribution in [3.63, 3.8) is 0 Å². The van der Waals surface area contributed by atoms with Crippen LogP contribution in [0.4, 0.5) is 0 Å². The number of hydrogen-bond donors (Lipinski definition) is 0. The number of aromatic nitrogens is 4. The van der Waals surface area contributed by atoms with Crippen molar-refractivity contribution in [2.45, 2.75) is 6.54 Å². The Bertz CT molecular complexity index is 541. The zero-order chi connectivity index (χ0) is 12.3. The summed E-state index contributed by atoms with van der Waals surface area (Å²) in [6.45, 7) is 0.496. The molecule has 0 spiro atoms. The molecule has 0 atom stereocenters. The number of esters is 1. The van der Waals surface area contributed by atoms with E-state index in [1.54, 1.807) is 17.1 Å². The van der Waals surface area contributed by atoms with Gasteiger partial charge in [0.05, 0.1) is 19.9 Å². The number of hydrogen-bond acceptors (Lipinski definition) is 5. The van der Waals surface area contributed by atoms with Gasteiger partial charge in [0, 0.05) is 16.9 Å². The summed E-state index contributed by atoms with van der Waals surface area (Å²) in [7, 11) is 1.31. The van der Waals surface area contributed by atoms with E-state index in [0.29, 0.717) is 6.54 Å². The van der Waals surface area contributed by atoms with Crippen molar-refractivity contribution in [1.82, 2.24) is 20.0 Å². The van der Waals surface area contributed by atoms with E-state index in [9.17, 15) is 4.79 Å². The standard InChI is InChI=1S/C10H9BrN4O2/c1-17-10(16)9-6-15(14-13-9)5-7-2-8(11)4-12-3-7/h2-4,6H,5H2,1H3. The topological polar surface area (TPSA) is 69.9 Å². The lowest BCUT2D eigenvalue weighted by Gasteiger charge is -2.00. The van der Waals surface area contributed by atoms with E-state index >= 15 is 0 Å². The fourth-order valence-corrected chi connectivity index (χ4v) is 1.72. The maximum Gasteiger partial charge on any atom is 0.360 e. The third-order valence-electron chi connectivity index (χ3n) is 2.04. The summed E-state index contributed by atoms with van der Waals surface area (Å²) in [5, 5.41) is 7.54. The molecule has 2 aromatic rings. The van der Waals surface area contributed by atoms with Crippen LogP contribution in [0.2, 0.25) is 0 Å². The van der Waals surface area contributed by atoms with Gasteiger partial charge < -0.3 is 4.74 Å². The molecule has 0 amide bonds. The van der Waals surface area contributed by atoms with Gasteiger partial charge in [-0.2, -0.15) is 0 Å². The number of rotatable bonds is 3. The number of methoxy groups -OCH3 is 1. The molecule has 0 N–H and O–H groups in total. The second-order valence-electron chi connectivity index (χ2n) is 3.30. The molecular weight excluding hydrogens is 288 g/mol. The van der Waals surface area contributed by atoms with Gasteiger partial charge in [-0.25, -0.2) is 9.48 Å². The van der Waals surface area contributed by atoms with E-state index in [-0.39, 0.29) is 5.69 Å². The Morgan fingerprint density at radius 3 is 3.06 bits per heavy atom. The maximum absolute atomic E-state index is 11.2. The van der Waals surface area contributed by atoms with Crippen LogP contribution < -0.4 is 0 Å². The highest BCUT2D eigenvalue weighted by atomic mass is 79.9. The monoisotopic (exact) mass is 296 g/mol. The fraction of sp³-hybridized carbons (Fsp3) is 0.200. The molecule has 0 aliphatic rings. The van der Waals surface area contributed by atoms with Crippen LogP contribution in [-0.4, -0.2) is 33.1 Å². The summed E-state index contributed by atoms with van der Waals surface area (Å²) in [5.41, 5.74) is 1.15. The molecule has 0 aromatic carbocycles. The van der Waals surface area contributed by atoms with Crippen molar-refractivity contribution in [1.29, 1.82) is 0 Å². The molecule has 88 valence electrons. The minimum atomic E-state index is -0.497. The van der Waals surface area contributed by atoms with Gasteiger partial charge >= 0.3 is 5.97 Å². The third-order valence-corrected chi connectivity index (χ3v) is 2.47. The van der Waals surface area contributed by atoms with Crippen LogP contribution in [0.1, 0.15) is 16.1 Å². The van der Waals surface area contributed by atoms with Crippen LogP contribution in [0.15, 0.2) is 29.1 Å². The van der Waals surface area contributed by atoms with E-state index in [4.69, 9.17) is 0 Å². The molecule has 0 radical (unpaired) electrons. The summed E-state index contributed by atoms with van der Waals surface area (Å²) in [6, 6.07) is 1.92. The highest BCUT2D eigenvalue weighted by Gasteiger charge is 2.10. The van der Waals surface area contributed by atoms with Crippen LogP contribution in [-0.2, 0) is 11.3 Å². The molecule has 0 unspecified atom stereocenters. The summed E-state index contributed by atoms with van der Waals surface area (Å²) in [4.78, 5) is 15.2. The molecule has 7 heteroatoms. The van der Waals surface area contributed by atoms with Gasteiger partial charge in [0.15, 0.2) is 5.69 Å². The molecule has 2 aromatic heterocycles. The molecule has 17 heavy (non-hydrogen) atoms. The Balaban J connectivity index is 2.14. The Morgan fingerprint density at radius 1 is 1.53 bits per heavy atom. The molecule has 6 nitrogen and oxygen atoms in total. The minimum Gasteiger partial charge on any atom is -0.464 e. The molecule has 0 aliphatic heterocycles. The number of halogens is 1. The summed E-state index contributed by atoms with van der Waals surface area (Å²) in [6.07, 6.45) is 4.96. The van der Waals surface area contributed by atoms with E-state index < -0.39 is 5.97 Å². The first-order valence-electron chi connectivity index (χ1n) is 4.77. The predicted molar refractivity (Wildman–Crippen MR) is 62.4 cm³/mol. The zero-order valence-corrected chi connectivity index (χ0v) is 10.6. The van der Waals surface area contributed by atoms with Crippen molar-refractivity contribution in [3.8, 4) is 0 Å². The highest BCUT2D eigenvalue weighted by molar-refractivity contribution is 9.10. The van der Waals surface area contributed by atoms with Gasteiger partial charge in [-0.1, -0.05) is 5.21 Å². The van der Waals surface area contributed by atoms with Gasteiger partial charge in [0.25, 0.3) is 0 Å². The quantitative estimate of drug-likeness (QED) is 0.798. The molecule has 0 saturated carbocycles. The number of nitrogens with zero attached hydrogens (tertiary/aromatic N) is 4. The van der Waals surface area contributed by atoms with Crippen LogP contribution in [0.5, 0.6) is 0 Å². The molecule has 2 rings (SSSR count). The normalized spacial score (nSPS) is 10.2. The molecule has 0 bridgehead atoms. The maximum atomic E-state index is 11.2. The Labute approximate surface area is 106 Å². The van der Waals surface area contributed by atoms with Crippen molar-refractivity contribution < 1.29 is 9.53 Å². The summed E-state index contributed by atoms with van der Waals surface area (Å²) < 4.78 is 6.99. The second kappa shape index (κ2) is 5.05. The third kappa shape index (κ3) is 2.88. The lowest BCUT2D eigenvalue weighted by atomic mass is 10.3.